The highest BCUT2D eigenvalue weighted by atomic mass is 16.4. The molecule has 0 aliphatic carbocycles. The van der Waals surface area contributed by atoms with Gasteiger partial charge in [-0.25, -0.2) is 4.79 Å². The van der Waals surface area contributed by atoms with E-state index in [9.17, 15) is 9.59 Å². The molecule has 0 bridgehead atoms. The zero-order chi connectivity index (χ0) is 15.4. The monoisotopic (exact) mass is 288 g/mol. The average Bonchev–Trinajstić information content (AvgIpc) is 2.46. The lowest BCUT2D eigenvalue weighted by molar-refractivity contribution is -0.129. The van der Waals surface area contributed by atoms with Crippen LogP contribution in [0.4, 0.5) is 0 Å². The Balaban J connectivity index is 2.31. The van der Waals surface area contributed by atoms with Crippen molar-refractivity contribution in [3.05, 3.63) is 35.4 Å². The minimum Gasteiger partial charge on any atom is -0.477 e. The first kappa shape index (κ1) is 14.7. The molecular weight excluding hydrogens is 272 g/mol. The highest BCUT2D eigenvalue weighted by Crippen LogP contribution is 2.23. The number of carboxylic acids is 1. The number of hydrogen-bond donors (Lipinski definition) is 3. The number of aliphatic carboxylic acids is 1. The van der Waals surface area contributed by atoms with E-state index >= 15 is 0 Å². The number of hydrazine groups is 1. The Morgan fingerprint density at radius 3 is 2.57 bits per heavy atom. The van der Waals surface area contributed by atoms with Crippen molar-refractivity contribution in [1.29, 1.82) is 0 Å². The molecule has 7 heteroatoms. The number of nitrogens with zero attached hydrogens (tertiary/aromatic N) is 2. The van der Waals surface area contributed by atoms with E-state index in [1.807, 2.05) is 31.2 Å². The Bertz CT molecular complexity index is 620. The number of benzene rings is 1. The Morgan fingerprint density at radius 2 is 1.95 bits per heavy atom. The van der Waals surface area contributed by atoms with E-state index in [1.54, 1.807) is 0 Å². The summed E-state index contributed by atoms with van der Waals surface area (Å²) in [4.78, 5) is 22.3. The van der Waals surface area contributed by atoms with Gasteiger partial charge in [-0.1, -0.05) is 29.8 Å². The first-order chi connectivity index (χ1) is 9.97. The van der Waals surface area contributed by atoms with Gasteiger partial charge in [0.2, 0.25) is 5.91 Å². The molecule has 1 amide bonds. The minimum atomic E-state index is -1.13. The second-order valence-corrected chi connectivity index (χ2v) is 4.82. The lowest BCUT2D eigenvalue weighted by Gasteiger charge is -2.25. The molecule has 1 aromatic carbocycles. The highest BCUT2D eigenvalue weighted by molar-refractivity contribution is 6.34. The topological polar surface area (TPSA) is 103 Å². The summed E-state index contributed by atoms with van der Waals surface area (Å²) < 4.78 is 0. The second-order valence-electron chi connectivity index (χ2n) is 4.82. The molecule has 1 fully saturated rings. The van der Waals surface area contributed by atoms with Gasteiger partial charge in [0.25, 0.3) is 0 Å². The molecule has 0 aromatic heterocycles. The van der Waals surface area contributed by atoms with Crippen molar-refractivity contribution in [3.63, 3.8) is 0 Å². The maximum atomic E-state index is 11.5. The quantitative estimate of drug-likeness (QED) is 0.569. The van der Waals surface area contributed by atoms with Gasteiger partial charge in [-0.15, -0.1) is 10.2 Å². The predicted octanol–water partition coefficient (Wildman–Crippen LogP) is 0.962. The van der Waals surface area contributed by atoms with Gasteiger partial charge < -0.3 is 5.11 Å². The number of amides is 1. The van der Waals surface area contributed by atoms with Crippen molar-refractivity contribution < 1.29 is 14.7 Å². The Kier molecular flexibility index (Phi) is 4.32. The number of amidine groups is 1. The minimum absolute atomic E-state index is 0.121. The van der Waals surface area contributed by atoms with Gasteiger partial charge >= 0.3 is 5.97 Å². The molecule has 1 atom stereocenters. The van der Waals surface area contributed by atoms with Gasteiger partial charge in [0, 0.05) is 6.42 Å². The summed E-state index contributed by atoms with van der Waals surface area (Å²) >= 11 is 0. The van der Waals surface area contributed by atoms with Crippen LogP contribution in [0.3, 0.4) is 0 Å². The second kappa shape index (κ2) is 6.17. The predicted molar refractivity (Wildman–Crippen MR) is 78.0 cm³/mol. The lowest BCUT2D eigenvalue weighted by atomic mass is 9.92. The fraction of sp³-hybridized carbons (Fsp3) is 0.286. The molecule has 1 heterocycles. The fourth-order valence-corrected chi connectivity index (χ4v) is 1.89. The molecule has 21 heavy (non-hydrogen) atoms. The van der Waals surface area contributed by atoms with Crippen molar-refractivity contribution in [2.45, 2.75) is 26.2 Å². The number of rotatable bonds is 3. The van der Waals surface area contributed by atoms with Gasteiger partial charge in [0.05, 0.1) is 5.92 Å². The van der Waals surface area contributed by atoms with Crippen molar-refractivity contribution in [2.24, 2.45) is 10.2 Å². The molecule has 1 aliphatic rings. The normalized spacial score (nSPS) is 20.9. The van der Waals surface area contributed by atoms with Crippen LogP contribution >= 0.6 is 0 Å². The van der Waals surface area contributed by atoms with Gasteiger partial charge in [-0.05, 0) is 19.4 Å². The van der Waals surface area contributed by atoms with Crippen LogP contribution in [0, 0.1) is 6.92 Å². The zero-order valence-corrected chi connectivity index (χ0v) is 11.8. The standard InChI is InChI=1S/C14H16N4O3/c1-8-3-5-10(6-4-8)11-7-12(19)16-18-13(11)17-15-9(2)14(20)21/h3-6,11H,7H2,1-2H3,(H,16,19)(H,17,18)(H,20,21)/b15-9-. The molecule has 7 nitrogen and oxygen atoms in total. The highest BCUT2D eigenvalue weighted by Gasteiger charge is 2.27. The number of carboxylic acid groups (broad SMARTS) is 1. The van der Waals surface area contributed by atoms with Crippen molar-refractivity contribution in [3.8, 4) is 0 Å². The van der Waals surface area contributed by atoms with Crippen LogP contribution in [-0.2, 0) is 9.59 Å². The summed E-state index contributed by atoms with van der Waals surface area (Å²) in [6.45, 7) is 3.33. The first-order valence-electron chi connectivity index (χ1n) is 6.44. The summed E-state index contributed by atoms with van der Waals surface area (Å²) in [6, 6.07) is 7.74. The van der Waals surface area contributed by atoms with Gasteiger partial charge in [0.1, 0.15) is 5.71 Å². The van der Waals surface area contributed by atoms with Crippen LogP contribution in [0.2, 0.25) is 0 Å². The molecular formula is C14H16N4O3. The van der Waals surface area contributed by atoms with Crippen LogP contribution in [0.1, 0.15) is 30.4 Å². The molecule has 0 radical (unpaired) electrons. The van der Waals surface area contributed by atoms with Crippen molar-refractivity contribution >= 4 is 23.4 Å². The van der Waals surface area contributed by atoms with Crippen LogP contribution in [-0.4, -0.2) is 28.5 Å². The summed E-state index contributed by atoms with van der Waals surface area (Å²) in [5, 5.41) is 16.4. The molecule has 3 N–H and O–H groups in total. The molecule has 0 spiro atoms. The number of carbonyl (C=O) groups is 2. The third-order valence-corrected chi connectivity index (χ3v) is 3.15. The Morgan fingerprint density at radius 1 is 1.29 bits per heavy atom. The van der Waals surface area contributed by atoms with E-state index in [1.165, 1.54) is 6.92 Å². The van der Waals surface area contributed by atoms with Gasteiger partial charge in [-0.2, -0.15) is 0 Å². The van der Waals surface area contributed by atoms with Crippen LogP contribution in [0.15, 0.2) is 34.5 Å². The molecule has 110 valence electrons. The Labute approximate surface area is 121 Å². The summed E-state index contributed by atoms with van der Waals surface area (Å²) in [6.07, 6.45) is 0.233. The van der Waals surface area contributed by atoms with Crippen LogP contribution in [0.5, 0.6) is 0 Å². The van der Waals surface area contributed by atoms with E-state index in [2.05, 4.69) is 21.1 Å². The van der Waals surface area contributed by atoms with Gasteiger partial charge in [0.15, 0.2) is 5.84 Å². The van der Waals surface area contributed by atoms with Crippen LogP contribution < -0.4 is 10.9 Å². The molecule has 0 saturated carbocycles. The molecule has 2 rings (SSSR count). The lowest BCUT2D eigenvalue weighted by Crippen LogP contribution is -2.50. The third kappa shape index (κ3) is 3.65. The largest absolute Gasteiger partial charge is 0.477 e. The number of nitrogens with one attached hydrogen (secondary N) is 2. The molecule has 1 aliphatic heterocycles. The average molecular weight is 288 g/mol. The third-order valence-electron chi connectivity index (χ3n) is 3.15. The van der Waals surface area contributed by atoms with E-state index in [-0.39, 0.29) is 24.0 Å². The van der Waals surface area contributed by atoms with Crippen LogP contribution in [0.25, 0.3) is 0 Å². The van der Waals surface area contributed by atoms with Crippen molar-refractivity contribution in [1.82, 2.24) is 10.9 Å². The van der Waals surface area contributed by atoms with Crippen molar-refractivity contribution in [2.75, 3.05) is 0 Å². The zero-order valence-electron chi connectivity index (χ0n) is 11.8. The SMILES string of the molecule is C/C(=N/N=C1\NNC(=O)CC1c1ccc(C)cc1)C(=O)O. The smallest absolute Gasteiger partial charge is 0.351 e. The molecule has 1 saturated heterocycles. The number of carbonyl (C=O) groups excluding carboxylic acids is 1. The van der Waals surface area contributed by atoms with E-state index in [0.717, 1.165) is 11.1 Å². The molecule has 1 aromatic rings. The molecule has 1 unspecified atom stereocenters. The first-order valence-corrected chi connectivity index (χ1v) is 6.44. The Hall–Kier alpha value is -2.70. The van der Waals surface area contributed by atoms with E-state index in [0.29, 0.717) is 5.84 Å². The van der Waals surface area contributed by atoms with E-state index < -0.39 is 5.97 Å². The summed E-state index contributed by atoms with van der Waals surface area (Å²) in [5.74, 6) is -1.15. The number of aryl methyl sites for hydroxylation is 1. The summed E-state index contributed by atoms with van der Waals surface area (Å²) in [5.41, 5.74) is 7.05. The fourth-order valence-electron chi connectivity index (χ4n) is 1.89. The maximum Gasteiger partial charge on any atom is 0.351 e. The van der Waals surface area contributed by atoms with E-state index in [4.69, 9.17) is 5.11 Å². The summed E-state index contributed by atoms with van der Waals surface area (Å²) in [7, 11) is 0. The number of hydrogen-bond acceptors (Lipinski definition) is 4. The van der Waals surface area contributed by atoms with Gasteiger partial charge in [-0.3, -0.25) is 15.6 Å². The maximum absolute atomic E-state index is 11.5.